The number of carbonyl (C=O) groups excluding carboxylic acids is 1. The molecule has 2 N–H and O–H groups in total. The quantitative estimate of drug-likeness (QED) is 0.458. The summed E-state index contributed by atoms with van der Waals surface area (Å²) in [5.74, 6) is 0.824. The third-order valence-electron chi connectivity index (χ3n) is 5.17. The van der Waals surface area contributed by atoms with Crippen molar-refractivity contribution in [3.8, 4) is 11.4 Å². The fourth-order valence-electron chi connectivity index (χ4n) is 3.62. The second-order valence-electron chi connectivity index (χ2n) is 7.25. The van der Waals surface area contributed by atoms with E-state index in [1.165, 1.54) is 0 Å². The van der Waals surface area contributed by atoms with E-state index >= 15 is 0 Å². The molecule has 5 aromatic rings. The number of hydrogen-bond donors (Lipinski definition) is 2. The second-order valence-corrected chi connectivity index (χ2v) is 7.25. The molecule has 3 aromatic carbocycles. The summed E-state index contributed by atoms with van der Waals surface area (Å²) in [5.41, 5.74) is 5.84. The van der Waals surface area contributed by atoms with Gasteiger partial charge in [0.15, 0.2) is 0 Å². The highest BCUT2D eigenvalue weighted by molar-refractivity contribution is 5.87. The molecule has 5 nitrogen and oxygen atoms in total. The zero-order valence-electron chi connectivity index (χ0n) is 16.3. The van der Waals surface area contributed by atoms with Crippen molar-refractivity contribution in [2.45, 2.75) is 13.0 Å². The van der Waals surface area contributed by atoms with Crippen molar-refractivity contribution < 1.29 is 4.79 Å². The van der Waals surface area contributed by atoms with E-state index in [1.54, 1.807) is 6.20 Å². The van der Waals surface area contributed by atoms with E-state index < -0.39 is 0 Å². The Balaban J connectivity index is 1.24. The van der Waals surface area contributed by atoms with Crippen LogP contribution in [0, 0.1) is 0 Å². The number of nitrogens with one attached hydrogen (secondary N) is 2. The predicted molar refractivity (Wildman–Crippen MR) is 119 cm³/mol. The number of aromatic nitrogens is 3. The molecule has 0 spiro atoms. The second kappa shape index (κ2) is 7.79. The zero-order chi connectivity index (χ0) is 20.3. The maximum Gasteiger partial charge on any atom is 0.224 e. The zero-order valence-corrected chi connectivity index (χ0v) is 16.3. The highest BCUT2D eigenvalue weighted by Gasteiger charge is 2.09. The molecule has 30 heavy (non-hydrogen) atoms. The van der Waals surface area contributed by atoms with Crippen LogP contribution in [0.1, 0.15) is 11.1 Å². The van der Waals surface area contributed by atoms with Gasteiger partial charge in [0.2, 0.25) is 5.91 Å². The molecular weight excluding hydrogens is 372 g/mol. The highest BCUT2D eigenvalue weighted by atomic mass is 16.1. The van der Waals surface area contributed by atoms with Gasteiger partial charge in [-0.2, -0.15) is 0 Å². The van der Waals surface area contributed by atoms with E-state index in [1.807, 2.05) is 78.9 Å². The monoisotopic (exact) mass is 392 g/mol. The normalized spacial score (nSPS) is 11.1. The molecule has 0 bridgehead atoms. The van der Waals surface area contributed by atoms with Crippen molar-refractivity contribution in [3.63, 3.8) is 0 Å². The van der Waals surface area contributed by atoms with Crippen LogP contribution in [0.25, 0.3) is 33.3 Å². The van der Waals surface area contributed by atoms with Crippen LogP contribution in [0.4, 0.5) is 0 Å². The third kappa shape index (κ3) is 3.65. The molecule has 0 saturated heterocycles. The minimum atomic E-state index is -0.0190. The van der Waals surface area contributed by atoms with Crippen LogP contribution in [-0.2, 0) is 17.8 Å². The number of para-hydroxylation sites is 3. The summed E-state index contributed by atoms with van der Waals surface area (Å²) < 4.78 is 0. The highest BCUT2D eigenvalue weighted by Crippen LogP contribution is 2.21. The molecule has 0 atom stereocenters. The SMILES string of the molecule is O=C(Cc1cccc2cccnc12)NCc1ccc(-c2nc3ccccc3[nH]2)cc1. The van der Waals surface area contributed by atoms with Gasteiger partial charge in [0, 0.05) is 23.7 Å². The largest absolute Gasteiger partial charge is 0.352 e. The number of nitrogens with zero attached hydrogens (tertiary/aromatic N) is 2. The number of imidazole rings is 1. The van der Waals surface area contributed by atoms with Crippen molar-refractivity contribution in [2.75, 3.05) is 0 Å². The minimum Gasteiger partial charge on any atom is -0.352 e. The Morgan fingerprint density at radius 2 is 1.73 bits per heavy atom. The first-order chi connectivity index (χ1) is 14.8. The number of fused-ring (bicyclic) bond motifs is 2. The first kappa shape index (κ1) is 18.1. The fourth-order valence-corrected chi connectivity index (χ4v) is 3.62. The topological polar surface area (TPSA) is 70.7 Å². The van der Waals surface area contributed by atoms with Crippen LogP contribution in [0.15, 0.2) is 85.1 Å². The minimum absolute atomic E-state index is 0.0190. The summed E-state index contributed by atoms with van der Waals surface area (Å²) in [6.07, 6.45) is 2.07. The number of amides is 1. The molecule has 0 unspecified atom stereocenters. The van der Waals surface area contributed by atoms with E-state index in [0.29, 0.717) is 13.0 Å². The summed E-state index contributed by atoms with van der Waals surface area (Å²) in [5, 5.41) is 4.05. The van der Waals surface area contributed by atoms with Gasteiger partial charge < -0.3 is 10.3 Å². The Morgan fingerprint density at radius 3 is 2.60 bits per heavy atom. The molecule has 5 rings (SSSR count). The third-order valence-corrected chi connectivity index (χ3v) is 5.17. The average Bonchev–Trinajstić information content (AvgIpc) is 3.23. The van der Waals surface area contributed by atoms with E-state index in [4.69, 9.17) is 0 Å². The van der Waals surface area contributed by atoms with E-state index in [9.17, 15) is 4.79 Å². The molecular formula is C25H20N4O. The molecule has 0 aliphatic rings. The van der Waals surface area contributed by atoms with Gasteiger partial charge in [0.05, 0.1) is 23.0 Å². The van der Waals surface area contributed by atoms with Crippen molar-refractivity contribution in [2.24, 2.45) is 0 Å². The van der Waals surface area contributed by atoms with Crippen molar-refractivity contribution in [3.05, 3.63) is 96.2 Å². The first-order valence-corrected chi connectivity index (χ1v) is 9.90. The van der Waals surface area contributed by atoms with Gasteiger partial charge in [-0.25, -0.2) is 4.98 Å². The van der Waals surface area contributed by atoms with E-state index in [-0.39, 0.29) is 5.91 Å². The van der Waals surface area contributed by atoms with Gasteiger partial charge in [-0.15, -0.1) is 0 Å². The van der Waals surface area contributed by atoms with Crippen LogP contribution < -0.4 is 5.32 Å². The molecule has 5 heteroatoms. The first-order valence-electron chi connectivity index (χ1n) is 9.90. The number of carbonyl (C=O) groups is 1. The molecule has 2 heterocycles. The van der Waals surface area contributed by atoms with E-state index in [2.05, 4.69) is 20.3 Å². The summed E-state index contributed by atoms with van der Waals surface area (Å²) >= 11 is 0. The Bertz CT molecular complexity index is 1300. The summed E-state index contributed by atoms with van der Waals surface area (Å²) in [4.78, 5) is 24.8. The number of rotatable bonds is 5. The average molecular weight is 392 g/mol. The van der Waals surface area contributed by atoms with Gasteiger partial charge in [-0.3, -0.25) is 9.78 Å². The number of hydrogen-bond acceptors (Lipinski definition) is 3. The summed E-state index contributed by atoms with van der Waals surface area (Å²) in [6, 6.07) is 25.9. The molecule has 2 aromatic heterocycles. The molecule has 0 aliphatic carbocycles. The lowest BCUT2D eigenvalue weighted by molar-refractivity contribution is -0.120. The molecule has 0 radical (unpaired) electrons. The Kier molecular flexibility index (Phi) is 4.69. The Hall–Kier alpha value is -3.99. The number of aromatic amines is 1. The Labute approximate surface area is 173 Å². The van der Waals surface area contributed by atoms with Crippen molar-refractivity contribution >= 4 is 27.8 Å². The smallest absolute Gasteiger partial charge is 0.224 e. The molecule has 0 aliphatic heterocycles. The van der Waals surface area contributed by atoms with Crippen LogP contribution in [0.2, 0.25) is 0 Å². The molecule has 0 saturated carbocycles. The summed E-state index contributed by atoms with van der Waals surface area (Å²) in [6.45, 7) is 0.484. The summed E-state index contributed by atoms with van der Waals surface area (Å²) in [7, 11) is 0. The standard InChI is InChI=1S/C25H20N4O/c30-23(15-20-6-3-5-18-7-4-14-26-24(18)20)27-16-17-10-12-19(13-11-17)25-28-21-8-1-2-9-22(21)29-25/h1-14H,15-16H2,(H,27,30)(H,28,29). The molecule has 146 valence electrons. The molecule has 1 amide bonds. The van der Waals surface area contributed by atoms with Crippen LogP contribution in [0.3, 0.4) is 0 Å². The van der Waals surface area contributed by atoms with Gasteiger partial charge in [-0.05, 0) is 29.3 Å². The number of H-pyrrole nitrogens is 1. The number of pyridine rings is 1. The Morgan fingerprint density at radius 1 is 0.900 bits per heavy atom. The lowest BCUT2D eigenvalue weighted by Gasteiger charge is -2.08. The predicted octanol–water partition coefficient (Wildman–Crippen LogP) is 4.64. The van der Waals surface area contributed by atoms with Gasteiger partial charge in [0.1, 0.15) is 5.82 Å². The lowest BCUT2D eigenvalue weighted by Crippen LogP contribution is -2.24. The van der Waals surface area contributed by atoms with Gasteiger partial charge in [-0.1, -0.05) is 60.7 Å². The number of benzene rings is 3. The van der Waals surface area contributed by atoms with Crippen LogP contribution in [-0.4, -0.2) is 20.9 Å². The fraction of sp³-hybridized carbons (Fsp3) is 0.0800. The maximum absolute atomic E-state index is 12.5. The van der Waals surface area contributed by atoms with Gasteiger partial charge in [0.25, 0.3) is 0 Å². The van der Waals surface area contributed by atoms with Crippen molar-refractivity contribution in [1.29, 1.82) is 0 Å². The maximum atomic E-state index is 12.5. The lowest BCUT2D eigenvalue weighted by atomic mass is 10.1. The van der Waals surface area contributed by atoms with Crippen LogP contribution in [0.5, 0.6) is 0 Å². The van der Waals surface area contributed by atoms with Crippen LogP contribution >= 0.6 is 0 Å². The molecule has 0 fully saturated rings. The van der Waals surface area contributed by atoms with E-state index in [0.717, 1.165) is 44.5 Å². The van der Waals surface area contributed by atoms with Crippen molar-refractivity contribution in [1.82, 2.24) is 20.3 Å². The van der Waals surface area contributed by atoms with Gasteiger partial charge >= 0.3 is 0 Å².